The molecule has 1 aromatic carbocycles. The highest BCUT2D eigenvalue weighted by atomic mass is 32.1. The lowest BCUT2D eigenvalue weighted by molar-refractivity contribution is -0.116. The van der Waals surface area contributed by atoms with Gasteiger partial charge < -0.3 is 19.9 Å². The maximum absolute atomic E-state index is 12.4. The Morgan fingerprint density at radius 3 is 2.82 bits per heavy atom. The number of aromatic hydroxyl groups is 1. The number of anilines is 1. The molecular weight excluding hydrogens is 454 g/mol. The van der Waals surface area contributed by atoms with E-state index < -0.39 is 5.97 Å². The molecule has 9 heteroatoms. The predicted octanol–water partition coefficient (Wildman–Crippen LogP) is 4.81. The first kappa shape index (κ1) is 23.4. The van der Waals surface area contributed by atoms with Crippen LogP contribution in [0.25, 0.3) is 11.3 Å². The highest BCUT2D eigenvalue weighted by Gasteiger charge is 2.31. The van der Waals surface area contributed by atoms with Crippen molar-refractivity contribution >= 4 is 28.3 Å². The summed E-state index contributed by atoms with van der Waals surface area (Å²) in [5, 5.41) is 16.0. The summed E-state index contributed by atoms with van der Waals surface area (Å²) in [7, 11) is 1.54. The fourth-order valence-corrected chi connectivity index (χ4v) is 4.62. The topological polar surface area (TPSA) is 111 Å². The molecule has 8 nitrogen and oxygen atoms in total. The number of benzene rings is 1. The highest BCUT2D eigenvalue weighted by molar-refractivity contribution is 7.14. The molecule has 34 heavy (non-hydrogen) atoms. The number of amides is 1. The second-order valence-corrected chi connectivity index (χ2v) is 8.85. The molecule has 0 atom stereocenters. The van der Waals surface area contributed by atoms with Crippen molar-refractivity contribution in [3.05, 3.63) is 63.8 Å². The van der Waals surface area contributed by atoms with E-state index in [0.29, 0.717) is 41.3 Å². The Balaban J connectivity index is 1.38. The van der Waals surface area contributed by atoms with Gasteiger partial charge in [-0.3, -0.25) is 9.78 Å². The van der Waals surface area contributed by atoms with Crippen molar-refractivity contribution in [2.75, 3.05) is 12.4 Å². The molecule has 0 unspecified atom stereocenters. The summed E-state index contributed by atoms with van der Waals surface area (Å²) < 4.78 is 10.6. The standard InChI is InChI=1S/C25H25N3O5S/c1-14(4-6-17-22(30)21-18(12-33-24(21)31)15(2)23(17)32-3)5-7-20(29)28-25-27-19(13-34-25)16-8-10-26-11-9-16/h4,8-11,13,30H,5-7,12H2,1-3H3,(H,27,28,29)/b14-4+. The summed E-state index contributed by atoms with van der Waals surface area (Å²) in [5.74, 6) is -0.202. The number of aromatic nitrogens is 2. The first-order chi connectivity index (χ1) is 16.4. The fraction of sp³-hybridized carbons (Fsp3) is 0.280. The number of cyclic esters (lactones) is 1. The number of phenolic OH excluding ortho intramolecular Hbond substituents is 1. The fourth-order valence-electron chi connectivity index (χ4n) is 3.89. The molecule has 3 aromatic rings. The van der Waals surface area contributed by atoms with Crippen LogP contribution < -0.4 is 10.1 Å². The molecule has 0 saturated heterocycles. The number of carbonyl (C=O) groups is 2. The van der Waals surface area contributed by atoms with Gasteiger partial charge in [-0.2, -0.15) is 0 Å². The number of pyridine rings is 1. The number of allylic oxidation sites excluding steroid dienone is 2. The van der Waals surface area contributed by atoms with Crippen LogP contribution in [0.3, 0.4) is 0 Å². The maximum Gasteiger partial charge on any atom is 0.342 e. The quantitative estimate of drug-likeness (QED) is 0.352. The van der Waals surface area contributed by atoms with Gasteiger partial charge in [-0.15, -0.1) is 11.3 Å². The van der Waals surface area contributed by atoms with Gasteiger partial charge in [0, 0.05) is 40.9 Å². The lowest BCUT2D eigenvalue weighted by atomic mass is 9.94. The number of thiazole rings is 1. The first-order valence-electron chi connectivity index (χ1n) is 10.8. The normalized spacial score (nSPS) is 12.9. The molecule has 0 aliphatic carbocycles. The van der Waals surface area contributed by atoms with Gasteiger partial charge in [0.15, 0.2) is 5.13 Å². The minimum absolute atomic E-state index is 0.101. The third-order valence-electron chi connectivity index (χ3n) is 5.78. The number of rotatable bonds is 8. The molecule has 176 valence electrons. The summed E-state index contributed by atoms with van der Waals surface area (Å²) >= 11 is 1.37. The maximum atomic E-state index is 12.4. The number of hydrogen-bond donors (Lipinski definition) is 2. The molecule has 0 radical (unpaired) electrons. The highest BCUT2D eigenvalue weighted by Crippen LogP contribution is 2.42. The van der Waals surface area contributed by atoms with E-state index in [9.17, 15) is 14.7 Å². The van der Waals surface area contributed by atoms with E-state index in [1.807, 2.05) is 37.4 Å². The van der Waals surface area contributed by atoms with E-state index in [4.69, 9.17) is 9.47 Å². The van der Waals surface area contributed by atoms with Gasteiger partial charge in [0.2, 0.25) is 5.91 Å². The van der Waals surface area contributed by atoms with Crippen molar-refractivity contribution in [3.8, 4) is 22.8 Å². The van der Waals surface area contributed by atoms with E-state index >= 15 is 0 Å². The predicted molar refractivity (Wildman–Crippen MR) is 129 cm³/mol. The van der Waals surface area contributed by atoms with Crippen molar-refractivity contribution in [3.63, 3.8) is 0 Å². The number of methoxy groups -OCH3 is 1. The van der Waals surface area contributed by atoms with Crippen LogP contribution in [-0.4, -0.2) is 34.1 Å². The number of carbonyl (C=O) groups excluding carboxylic acids is 2. The largest absolute Gasteiger partial charge is 0.507 e. The zero-order chi connectivity index (χ0) is 24.2. The summed E-state index contributed by atoms with van der Waals surface area (Å²) in [6.45, 7) is 3.91. The van der Waals surface area contributed by atoms with Crippen molar-refractivity contribution < 1.29 is 24.2 Å². The van der Waals surface area contributed by atoms with Gasteiger partial charge in [-0.05, 0) is 44.4 Å². The molecule has 0 fully saturated rings. The molecule has 0 bridgehead atoms. The molecule has 4 rings (SSSR count). The lowest BCUT2D eigenvalue weighted by Gasteiger charge is -2.15. The summed E-state index contributed by atoms with van der Waals surface area (Å²) in [6, 6.07) is 3.74. The molecule has 1 aliphatic rings. The summed E-state index contributed by atoms with van der Waals surface area (Å²) in [5.41, 5.74) is 4.92. The summed E-state index contributed by atoms with van der Waals surface area (Å²) in [6.07, 6.45) is 6.54. The summed E-state index contributed by atoms with van der Waals surface area (Å²) in [4.78, 5) is 32.9. The van der Waals surface area contributed by atoms with Crippen LogP contribution in [0.15, 0.2) is 41.6 Å². The lowest BCUT2D eigenvalue weighted by Crippen LogP contribution is -2.11. The van der Waals surface area contributed by atoms with Gasteiger partial charge in [-0.25, -0.2) is 9.78 Å². The molecule has 1 aliphatic heterocycles. The van der Waals surface area contributed by atoms with Gasteiger partial charge in [0.05, 0.1) is 12.8 Å². The van der Waals surface area contributed by atoms with Crippen LogP contribution in [-0.2, 0) is 22.6 Å². The minimum atomic E-state index is -0.522. The Labute approximate surface area is 201 Å². The molecule has 2 aromatic heterocycles. The molecule has 0 saturated carbocycles. The minimum Gasteiger partial charge on any atom is -0.507 e. The smallest absolute Gasteiger partial charge is 0.342 e. The van der Waals surface area contributed by atoms with Crippen LogP contribution >= 0.6 is 11.3 Å². The first-order valence-corrected chi connectivity index (χ1v) is 11.7. The van der Waals surface area contributed by atoms with Gasteiger partial charge >= 0.3 is 5.97 Å². The molecular formula is C25H25N3O5S. The molecule has 0 spiro atoms. The Morgan fingerprint density at radius 2 is 2.09 bits per heavy atom. The molecule has 3 heterocycles. The Morgan fingerprint density at radius 1 is 1.32 bits per heavy atom. The van der Waals surface area contributed by atoms with Crippen LogP contribution in [0.2, 0.25) is 0 Å². The monoisotopic (exact) mass is 479 g/mol. The second-order valence-electron chi connectivity index (χ2n) is 7.99. The Bertz CT molecular complexity index is 1270. The van der Waals surface area contributed by atoms with Gasteiger partial charge in [-0.1, -0.05) is 11.6 Å². The number of ether oxygens (including phenoxy) is 2. The number of esters is 1. The third-order valence-corrected chi connectivity index (χ3v) is 6.53. The molecule has 2 N–H and O–H groups in total. The number of nitrogens with zero attached hydrogens (tertiary/aromatic N) is 2. The number of phenols is 1. The SMILES string of the molecule is COc1c(C)c2c(c(O)c1C/C=C(\C)CCC(=O)Nc1nc(-c3ccncc3)cs1)C(=O)OC2. The van der Waals surface area contributed by atoms with Gasteiger partial charge in [0.25, 0.3) is 0 Å². The molecule has 1 amide bonds. The van der Waals surface area contributed by atoms with Crippen molar-refractivity contribution in [2.45, 2.75) is 39.7 Å². The number of fused-ring (bicyclic) bond motifs is 1. The van der Waals surface area contributed by atoms with E-state index in [-0.39, 0.29) is 23.8 Å². The number of hydrogen-bond acceptors (Lipinski definition) is 8. The van der Waals surface area contributed by atoms with Crippen molar-refractivity contribution in [1.82, 2.24) is 9.97 Å². The van der Waals surface area contributed by atoms with Crippen LogP contribution in [0.4, 0.5) is 5.13 Å². The number of nitrogens with one attached hydrogen (secondary N) is 1. The Hall–Kier alpha value is -3.72. The van der Waals surface area contributed by atoms with E-state index in [1.165, 1.54) is 18.4 Å². The van der Waals surface area contributed by atoms with Crippen LogP contribution in [0, 0.1) is 6.92 Å². The Kier molecular flexibility index (Phi) is 6.93. The second kappa shape index (κ2) is 10.0. The van der Waals surface area contributed by atoms with Crippen molar-refractivity contribution in [2.24, 2.45) is 0 Å². The van der Waals surface area contributed by atoms with Crippen molar-refractivity contribution in [1.29, 1.82) is 0 Å². The van der Waals surface area contributed by atoms with Crippen LogP contribution in [0.5, 0.6) is 11.5 Å². The van der Waals surface area contributed by atoms with E-state index in [1.54, 1.807) is 12.4 Å². The van der Waals surface area contributed by atoms with E-state index in [0.717, 1.165) is 22.4 Å². The van der Waals surface area contributed by atoms with Crippen LogP contribution in [0.1, 0.15) is 46.8 Å². The zero-order valence-electron chi connectivity index (χ0n) is 19.2. The average molecular weight is 480 g/mol. The third kappa shape index (κ3) is 4.79. The van der Waals surface area contributed by atoms with E-state index in [2.05, 4.69) is 15.3 Å². The van der Waals surface area contributed by atoms with Gasteiger partial charge in [0.1, 0.15) is 23.7 Å². The average Bonchev–Trinajstić information content (AvgIpc) is 3.46. The zero-order valence-corrected chi connectivity index (χ0v) is 20.0.